The predicted octanol–water partition coefficient (Wildman–Crippen LogP) is 2.91. The van der Waals surface area contributed by atoms with Crippen LogP contribution in [-0.2, 0) is 4.74 Å². The average molecular weight is 187 g/mol. The van der Waals surface area contributed by atoms with E-state index in [4.69, 9.17) is 10.5 Å². The van der Waals surface area contributed by atoms with Crippen molar-refractivity contribution in [3.05, 3.63) is 0 Å². The van der Waals surface area contributed by atoms with Gasteiger partial charge in [0, 0.05) is 0 Å². The average Bonchev–Trinajstić information content (AvgIpc) is 2.17. The van der Waals surface area contributed by atoms with Gasteiger partial charge in [-0.05, 0) is 18.8 Å². The van der Waals surface area contributed by atoms with Crippen LogP contribution >= 0.6 is 0 Å². The minimum atomic E-state index is -0.0596. The first kappa shape index (κ1) is 12.9. The summed E-state index contributed by atoms with van der Waals surface area (Å²) in [6.07, 6.45) is 5.92. The molecule has 0 spiro atoms. The van der Waals surface area contributed by atoms with E-state index in [2.05, 4.69) is 20.8 Å². The zero-order valence-corrected chi connectivity index (χ0v) is 9.38. The van der Waals surface area contributed by atoms with E-state index >= 15 is 0 Å². The Morgan fingerprint density at radius 1 is 1.15 bits per heavy atom. The van der Waals surface area contributed by atoms with Gasteiger partial charge in [0.15, 0.2) is 0 Å². The maximum atomic E-state index is 5.68. The molecule has 2 N–H and O–H groups in total. The van der Waals surface area contributed by atoms with E-state index in [1.165, 1.54) is 25.7 Å². The fourth-order valence-corrected chi connectivity index (χ4v) is 1.28. The molecule has 0 aliphatic heterocycles. The quantitative estimate of drug-likeness (QED) is 0.593. The van der Waals surface area contributed by atoms with Crippen LogP contribution in [-0.4, -0.2) is 12.8 Å². The van der Waals surface area contributed by atoms with Crippen LogP contribution in [0.25, 0.3) is 0 Å². The van der Waals surface area contributed by atoms with Crippen LogP contribution in [0.1, 0.15) is 52.9 Å². The predicted molar refractivity (Wildman–Crippen MR) is 57.5 cm³/mol. The van der Waals surface area contributed by atoms with Gasteiger partial charge in [-0.1, -0.05) is 40.0 Å². The van der Waals surface area contributed by atoms with Gasteiger partial charge in [-0.15, -0.1) is 0 Å². The molecule has 0 aromatic heterocycles. The van der Waals surface area contributed by atoms with E-state index in [1.54, 1.807) is 0 Å². The highest BCUT2D eigenvalue weighted by atomic mass is 16.5. The largest absolute Gasteiger partial charge is 0.363 e. The Morgan fingerprint density at radius 3 is 2.31 bits per heavy atom. The maximum absolute atomic E-state index is 5.68. The van der Waals surface area contributed by atoms with Crippen LogP contribution in [0.5, 0.6) is 0 Å². The molecule has 0 radical (unpaired) electrons. The molecular formula is C11H25NO. The van der Waals surface area contributed by atoms with Gasteiger partial charge in [0.2, 0.25) is 0 Å². The van der Waals surface area contributed by atoms with Crippen LogP contribution in [0.15, 0.2) is 0 Å². The van der Waals surface area contributed by atoms with E-state index in [-0.39, 0.29) is 6.23 Å². The summed E-state index contributed by atoms with van der Waals surface area (Å²) in [5.41, 5.74) is 5.68. The fraction of sp³-hybridized carbons (Fsp3) is 1.00. The van der Waals surface area contributed by atoms with Crippen molar-refractivity contribution < 1.29 is 4.74 Å². The van der Waals surface area contributed by atoms with Crippen molar-refractivity contribution in [3.63, 3.8) is 0 Å². The third-order valence-corrected chi connectivity index (χ3v) is 2.49. The molecule has 0 aromatic carbocycles. The summed E-state index contributed by atoms with van der Waals surface area (Å²) in [7, 11) is 0. The lowest BCUT2D eigenvalue weighted by molar-refractivity contribution is 0.0276. The third kappa shape index (κ3) is 7.03. The van der Waals surface area contributed by atoms with E-state index in [1.807, 2.05) is 0 Å². The number of unbranched alkanes of at least 4 members (excludes halogenated alkanes) is 1. The standard InChI is InChI=1S/C11H25NO/c1-4-7-8-10(5-2)9-13-11(12)6-3/h10-11H,4-9,12H2,1-3H3/t10-,11+/m1/s1. The molecule has 0 rings (SSSR count). The molecule has 0 bridgehead atoms. The second-order valence-corrected chi connectivity index (χ2v) is 3.70. The summed E-state index contributed by atoms with van der Waals surface area (Å²) in [6, 6.07) is 0. The Bertz CT molecular complexity index is 106. The van der Waals surface area contributed by atoms with Crippen molar-refractivity contribution in [2.45, 2.75) is 59.1 Å². The second-order valence-electron chi connectivity index (χ2n) is 3.70. The number of ether oxygens (including phenoxy) is 1. The van der Waals surface area contributed by atoms with Gasteiger partial charge < -0.3 is 10.5 Å². The third-order valence-electron chi connectivity index (χ3n) is 2.49. The molecule has 0 saturated carbocycles. The molecule has 0 aliphatic rings. The van der Waals surface area contributed by atoms with Gasteiger partial charge in [-0.2, -0.15) is 0 Å². The minimum absolute atomic E-state index is 0.0596. The first-order chi connectivity index (χ1) is 6.24. The topological polar surface area (TPSA) is 35.2 Å². The molecule has 2 heteroatoms. The highest BCUT2D eigenvalue weighted by Crippen LogP contribution is 2.13. The van der Waals surface area contributed by atoms with Crippen LogP contribution in [0.4, 0.5) is 0 Å². The molecule has 2 atom stereocenters. The van der Waals surface area contributed by atoms with Crippen molar-refractivity contribution in [2.24, 2.45) is 11.7 Å². The van der Waals surface area contributed by atoms with Crippen molar-refractivity contribution in [1.29, 1.82) is 0 Å². The lowest BCUT2D eigenvalue weighted by atomic mass is 10.0. The molecule has 0 unspecified atom stereocenters. The summed E-state index contributed by atoms with van der Waals surface area (Å²) in [5.74, 6) is 0.706. The molecule has 13 heavy (non-hydrogen) atoms. The summed E-state index contributed by atoms with van der Waals surface area (Å²) in [6.45, 7) is 7.34. The Balaban J connectivity index is 3.46. The van der Waals surface area contributed by atoms with Gasteiger partial charge in [0.25, 0.3) is 0 Å². The summed E-state index contributed by atoms with van der Waals surface area (Å²) in [4.78, 5) is 0. The van der Waals surface area contributed by atoms with Crippen molar-refractivity contribution in [2.75, 3.05) is 6.61 Å². The highest BCUT2D eigenvalue weighted by Gasteiger charge is 2.07. The number of nitrogens with two attached hydrogens (primary N) is 1. The van der Waals surface area contributed by atoms with Gasteiger partial charge in [-0.3, -0.25) is 0 Å². The smallest absolute Gasteiger partial charge is 0.105 e. The van der Waals surface area contributed by atoms with Crippen LogP contribution in [0.3, 0.4) is 0 Å². The van der Waals surface area contributed by atoms with E-state index in [0.717, 1.165) is 13.0 Å². The number of hydrogen-bond acceptors (Lipinski definition) is 2. The van der Waals surface area contributed by atoms with Crippen LogP contribution in [0, 0.1) is 5.92 Å². The lowest BCUT2D eigenvalue weighted by Crippen LogP contribution is -2.25. The first-order valence-electron chi connectivity index (χ1n) is 5.61. The second kappa shape index (κ2) is 8.52. The van der Waals surface area contributed by atoms with Crippen LogP contribution < -0.4 is 5.73 Å². The van der Waals surface area contributed by atoms with Crippen LogP contribution in [0.2, 0.25) is 0 Å². The molecule has 0 heterocycles. The molecule has 0 amide bonds. The van der Waals surface area contributed by atoms with Gasteiger partial charge in [-0.25, -0.2) is 0 Å². The fourth-order valence-electron chi connectivity index (χ4n) is 1.28. The molecule has 0 fully saturated rings. The molecule has 0 aliphatic carbocycles. The molecule has 80 valence electrons. The first-order valence-corrected chi connectivity index (χ1v) is 5.61. The normalized spacial score (nSPS) is 15.7. The van der Waals surface area contributed by atoms with E-state index in [0.29, 0.717) is 5.92 Å². The zero-order chi connectivity index (χ0) is 10.1. The van der Waals surface area contributed by atoms with Crippen molar-refractivity contribution in [3.8, 4) is 0 Å². The molecule has 2 nitrogen and oxygen atoms in total. The number of hydrogen-bond donors (Lipinski definition) is 1. The molecule has 0 aromatic rings. The van der Waals surface area contributed by atoms with Gasteiger partial charge in [0.05, 0.1) is 6.61 Å². The van der Waals surface area contributed by atoms with Crippen molar-refractivity contribution in [1.82, 2.24) is 0 Å². The van der Waals surface area contributed by atoms with E-state index in [9.17, 15) is 0 Å². The summed E-state index contributed by atoms with van der Waals surface area (Å²) >= 11 is 0. The van der Waals surface area contributed by atoms with Gasteiger partial charge >= 0.3 is 0 Å². The Labute approximate surface area is 82.8 Å². The molecular weight excluding hydrogens is 162 g/mol. The van der Waals surface area contributed by atoms with Crippen molar-refractivity contribution >= 4 is 0 Å². The van der Waals surface area contributed by atoms with Gasteiger partial charge in [0.1, 0.15) is 6.23 Å². The minimum Gasteiger partial charge on any atom is -0.363 e. The monoisotopic (exact) mass is 187 g/mol. The Morgan fingerprint density at radius 2 is 1.85 bits per heavy atom. The summed E-state index contributed by atoms with van der Waals surface area (Å²) in [5, 5.41) is 0. The Kier molecular flexibility index (Phi) is 8.46. The SMILES string of the molecule is CCCC[C@@H](CC)CO[C@H](N)CC. The number of rotatable bonds is 8. The lowest BCUT2D eigenvalue weighted by Gasteiger charge is -2.17. The van der Waals surface area contributed by atoms with E-state index < -0.39 is 0 Å². The highest BCUT2D eigenvalue weighted by molar-refractivity contribution is 4.57. The summed E-state index contributed by atoms with van der Waals surface area (Å²) < 4.78 is 5.52. The molecule has 0 saturated heterocycles. The maximum Gasteiger partial charge on any atom is 0.105 e. The zero-order valence-electron chi connectivity index (χ0n) is 9.38. The Hall–Kier alpha value is -0.0800.